The van der Waals surface area contributed by atoms with Crippen LogP contribution in [0, 0.1) is 16.7 Å². The monoisotopic (exact) mass is 333 g/mol. The number of anilines is 1. The summed E-state index contributed by atoms with van der Waals surface area (Å²) in [6, 6.07) is 5.36. The van der Waals surface area contributed by atoms with E-state index in [1.54, 1.807) is 32.9 Å². The Bertz CT molecular complexity index is 628. The first-order chi connectivity index (χ1) is 11.1. The van der Waals surface area contributed by atoms with Gasteiger partial charge in [-0.2, -0.15) is 5.26 Å². The fraction of sp³-hybridized carbons (Fsp3) is 0.556. The summed E-state index contributed by atoms with van der Waals surface area (Å²) < 4.78 is 5.52. The lowest BCUT2D eigenvalue weighted by Gasteiger charge is -2.20. The van der Waals surface area contributed by atoms with Crippen molar-refractivity contribution in [1.82, 2.24) is 5.32 Å². The molecule has 4 N–H and O–H groups in total. The zero-order valence-electron chi connectivity index (χ0n) is 15.0. The summed E-state index contributed by atoms with van der Waals surface area (Å²) in [6.07, 6.45) is -0.712. The molecule has 0 spiro atoms. The molecular weight excluding hydrogens is 306 g/mol. The molecule has 24 heavy (non-hydrogen) atoms. The van der Waals surface area contributed by atoms with Gasteiger partial charge in [-0.05, 0) is 12.1 Å². The minimum atomic E-state index is -0.712. The molecule has 6 heteroatoms. The molecule has 0 aliphatic carbocycles. The van der Waals surface area contributed by atoms with E-state index < -0.39 is 11.5 Å². The summed E-state index contributed by atoms with van der Waals surface area (Å²) >= 11 is 0. The van der Waals surface area contributed by atoms with E-state index >= 15 is 0 Å². The lowest BCUT2D eigenvalue weighted by molar-refractivity contribution is 0.0858. The van der Waals surface area contributed by atoms with Crippen molar-refractivity contribution in [1.29, 1.82) is 5.26 Å². The van der Waals surface area contributed by atoms with Gasteiger partial charge in [-0.15, -0.1) is 0 Å². The van der Waals surface area contributed by atoms with E-state index in [0.29, 0.717) is 12.1 Å². The number of aliphatic hydroxyl groups is 1. The van der Waals surface area contributed by atoms with Crippen molar-refractivity contribution in [2.45, 2.75) is 46.8 Å². The first-order valence-corrected chi connectivity index (χ1v) is 7.99. The molecule has 0 saturated carbocycles. The van der Waals surface area contributed by atoms with Crippen LogP contribution in [0.15, 0.2) is 12.1 Å². The molecule has 0 heterocycles. The van der Waals surface area contributed by atoms with Gasteiger partial charge in [0.1, 0.15) is 30.1 Å². The number of carbonyl (C=O) groups excluding carboxylic acids is 1. The van der Waals surface area contributed by atoms with Gasteiger partial charge in [0.2, 0.25) is 0 Å². The molecule has 0 aliphatic heterocycles. The van der Waals surface area contributed by atoms with E-state index in [9.17, 15) is 15.2 Å². The van der Waals surface area contributed by atoms with Crippen molar-refractivity contribution in [3.63, 3.8) is 0 Å². The number of aliphatic hydroxyl groups excluding tert-OH is 1. The lowest BCUT2D eigenvalue weighted by Crippen LogP contribution is -2.35. The molecule has 0 saturated heterocycles. The molecule has 0 bridgehead atoms. The smallest absolute Gasteiger partial charge is 0.170 e. The van der Waals surface area contributed by atoms with Gasteiger partial charge in [0.15, 0.2) is 5.78 Å². The van der Waals surface area contributed by atoms with E-state index in [-0.39, 0.29) is 35.4 Å². The number of rotatable bonds is 7. The number of nitrogens with zero attached hydrogens (tertiary/aromatic N) is 1. The van der Waals surface area contributed by atoms with E-state index in [2.05, 4.69) is 5.32 Å². The SMILES string of the molecule is CC(C)NCC(O)COc1ccc(C(=O)C(C)(C)C)c(N)c1C#N. The van der Waals surface area contributed by atoms with Crippen LogP contribution in [0.4, 0.5) is 5.69 Å². The Balaban J connectivity index is 2.93. The second kappa shape index (κ2) is 8.13. The van der Waals surface area contributed by atoms with Gasteiger partial charge < -0.3 is 20.9 Å². The normalized spacial score (nSPS) is 12.8. The number of nitrogens with two attached hydrogens (primary N) is 1. The molecule has 1 rings (SSSR count). The Morgan fingerprint density at radius 3 is 2.54 bits per heavy atom. The van der Waals surface area contributed by atoms with Crippen molar-refractivity contribution in [3.8, 4) is 11.8 Å². The van der Waals surface area contributed by atoms with Crippen LogP contribution in [0.1, 0.15) is 50.5 Å². The van der Waals surface area contributed by atoms with Crippen LogP contribution in [0.2, 0.25) is 0 Å². The van der Waals surface area contributed by atoms with Crippen molar-refractivity contribution in [2.75, 3.05) is 18.9 Å². The molecule has 0 amide bonds. The van der Waals surface area contributed by atoms with Crippen LogP contribution in [-0.4, -0.2) is 36.2 Å². The third kappa shape index (κ3) is 5.22. The fourth-order valence-corrected chi connectivity index (χ4v) is 2.05. The third-order valence-electron chi connectivity index (χ3n) is 3.44. The number of nitrogen functional groups attached to an aromatic ring is 1. The van der Waals surface area contributed by atoms with Gasteiger partial charge in [0.25, 0.3) is 0 Å². The van der Waals surface area contributed by atoms with Crippen LogP contribution in [-0.2, 0) is 0 Å². The molecule has 132 valence electrons. The number of hydrogen-bond acceptors (Lipinski definition) is 6. The number of benzene rings is 1. The van der Waals surface area contributed by atoms with E-state index in [0.717, 1.165) is 0 Å². The van der Waals surface area contributed by atoms with Gasteiger partial charge in [-0.3, -0.25) is 4.79 Å². The fourth-order valence-electron chi connectivity index (χ4n) is 2.05. The zero-order chi connectivity index (χ0) is 18.5. The molecule has 1 aromatic rings. The van der Waals surface area contributed by atoms with E-state index in [4.69, 9.17) is 10.5 Å². The van der Waals surface area contributed by atoms with Gasteiger partial charge in [-0.25, -0.2) is 0 Å². The van der Waals surface area contributed by atoms with Crippen LogP contribution in [0.25, 0.3) is 0 Å². The molecule has 0 radical (unpaired) electrons. The van der Waals surface area contributed by atoms with Gasteiger partial charge in [-0.1, -0.05) is 34.6 Å². The summed E-state index contributed by atoms with van der Waals surface area (Å²) in [5.41, 5.74) is 5.95. The van der Waals surface area contributed by atoms with Gasteiger partial charge in [0.05, 0.1) is 5.69 Å². The number of nitrogens with one attached hydrogen (secondary N) is 1. The van der Waals surface area contributed by atoms with Crippen LogP contribution < -0.4 is 15.8 Å². The summed E-state index contributed by atoms with van der Waals surface area (Å²) in [5, 5.41) is 22.3. The second-order valence-electron chi connectivity index (χ2n) is 7.12. The highest BCUT2D eigenvalue weighted by Crippen LogP contribution is 2.31. The molecule has 6 nitrogen and oxygen atoms in total. The average molecular weight is 333 g/mol. The molecule has 0 fully saturated rings. The minimum Gasteiger partial charge on any atom is -0.489 e. The molecule has 0 aliphatic rings. The molecule has 0 aromatic heterocycles. The highest BCUT2D eigenvalue weighted by atomic mass is 16.5. The van der Waals surface area contributed by atoms with E-state index in [1.165, 1.54) is 0 Å². The average Bonchev–Trinajstić information content (AvgIpc) is 2.49. The van der Waals surface area contributed by atoms with Gasteiger partial charge >= 0.3 is 0 Å². The second-order valence-corrected chi connectivity index (χ2v) is 7.12. The highest BCUT2D eigenvalue weighted by Gasteiger charge is 2.26. The van der Waals surface area contributed by atoms with Crippen molar-refractivity contribution < 1.29 is 14.6 Å². The quantitative estimate of drug-likeness (QED) is 0.521. The Labute approximate surface area is 143 Å². The Kier molecular flexibility index (Phi) is 6.76. The first kappa shape index (κ1) is 19.9. The number of Topliss-reactive ketones (excluding diaryl/α,β-unsaturated/α-hetero) is 1. The molecule has 1 atom stereocenters. The van der Waals surface area contributed by atoms with Crippen molar-refractivity contribution in [2.24, 2.45) is 5.41 Å². The standard InChI is InChI=1S/C18H27N3O3/c1-11(2)21-9-12(22)10-24-15-7-6-13(16(20)14(15)8-19)17(23)18(3,4)5/h6-7,11-12,21-22H,9-10,20H2,1-5H3. The van der Waals surface area contributed by atoms with Crippen LogP contribution in [0.3, 0.4) is 0 Å². The summed E-state index contributed by atoms with van der Waals surface area (Å²) in [6.45, 7) is 9.76. The highest BCUT2D eigenvalue weighted by molar-refractivity contribution is 6.05. The zero-order valence-corrected chi connectivity index (χ0v) is 15.0. The largest absolute Gasteiger partial charge is 0.489 e. The number of carbonyl (C=O) groups is 1. The number of ether oxygens (including phenoxy) is 1. The van der Waals surface area contributed by atoms with Crippen molar-refractivity contribution >= 4 is 11.5 Å². The lowest BCUT2D eigenvalue weighted by atomic mass is 9.85. The minimum absolute atomic E-state index is 0.0282. The summed E-state index contributed by atoms with van der Waals surface area (Å²) in [7, 11) is 0. The third-order valence-corrected chi connectivity index (χ3v) is 3.44. The Morgan fingerprint density at radius 1 is 1.42 bits per heavy atom. The first-order valence-electron chi connectivity index (χ1n) is 7.99. The maximum Gasteiger partial charge on any atom is 0.170 e. The molecule has 1 unspecified atom stereocenters. The maximum atomic E-state index is 12.4. The number of nitriles is 1. The Hall–Kier alpha value is -2.10. The van der Waals surface area contributed by atoms with Crippen molar-refractivity contribution in [3.05, 3.63) is 23.3 Å². The topological polar surface area (TPSA) is 108 Å². The summed E-state index contributed by atoms with van der Waals surface area (Å²) in [4.78, 5) is 12.4. The molecular formula is C18H27N3O3. The van der Waals surface area contributed by atoms with Gasteiger partial charge in [0, 0.05) is 23.6 Å². The number of ketones is 1. The predicted molar refractivity (Wildman–Crippen MR) is 94.0 cm³/mol. The maximum absolute atomic E-state index is 12.4. The predicted octanol–water partition coefficient (Wildman–Crippen LogP) is 2.11. The number of hydrogen-bond donors (Lipinski definition) is 3. The van der Waals surface area contributed by atoms with Crippen LogP contribution in [0.5, 0.6) is 5.75 Å². The summed E-state index contributed by atoms with van der Waals surface area (Å²) in [5.74, 6) is 0.133. The van der Waals surface area contributed by atoms with Crippen LogP contribution >= 0.6 is 0 Å². The molecule has 1 aromatic carbocycles. The van der Waals surface area contributed by atoms with E-state index in [1.807, 2.05) is 19.9 Å². The Morgan fingerprint density at radius 2 is 2.04 bits per heavy atom.